The molecule has 0 unspecified atom stereocenters. The van der Waals surface area contributed by atoms with Crippen molar-refractivity contribution in [3.63, 3.8) is 0 Å². The fraction of sp³-hybridized carbons (Fsp3) is 0. The third-order valence-corrected chi connectivity index (χ3v) is 15.4. The second-order valence-electron chi connectivity index (χ2n) is 19.7. The molecule has 0 fully saturated rings. The Morgan fingerprint density at radius 2 is 0.693 bits per heavy atom. The van der Waals surface area contributed by atoms with Crippen LogP contribution in [0.4, 0.5) is 17.1 Å². The molecular weight excluding hydrogens is 909 g/mol. The van der Waals surface area contributed by atoms with Crippen LogP contribution in [0.5, 0.6) is 0 Å². The van der Waals surface area contributed by atoms with Crippen LogP contribution in [0.15, 0.2) is 283 Å². The zero-order valence-corrected chi connectivity index (χ0v) is 40.9. The van der Waals surface area contributed by atoms with Crippen molar-refractivity contribution in [1.29, 1.82) is 0 Å². The number of benzene rings is 13. The van der Waals surface area contributed by atoms with Crippen LogP contribution >= 0.6 is 0 Å². The van der Waals surface area contributed by atoms with Crippen molar-refractivity contribution in [2.45, 2.75) is 0 Å². The van der Waals surface area contributed by atoms with Gasteiger partial charge in [0.05, 0.1) is 11.0 Å². The van der Waals surface area contributed by atoms with E-state index in [-0.39, 0.29) is 0 Å². The normalized spacial score (nSPS) is 11.7. The molecular formula is C72H46N2O. The number of hydrogen-bond acceptors (Lipinski definition) is 2. The molecule has 0 spiro atoms. The van der Waals surface area contributed by atoms with E-state index in [0.717, 1.165) is 77.9 Å². The highest BCUT2D eigenvalue weighted by atomic mass is 16.3. The van der Waals surface area contributed by atoms with Gasteiger partial charge in [-0.05, 0) is 162 Å². The molecule has 0 aliphatic heterocycles. The zero-order chi connectivity index (χ0) is 49.4. The molecule has 2 heterocycles. The van der Waals surface area contributed by atoms with Crippen molar-refractivity contribution >= 4 is 93.1 Å². The lowest BCUT2D eigenvalue weighted by molar-refractivity contribution is 0.672. The molecule has 0 saturated heterocycles. The van der Waals surface area contributed by atoms with Crippen LogP contribution in [0, 0.1) is 0 Å². The van der Waals surface area contributed by atoms with Crippen LogP contribution in [0.2, 0.25) is 0 Å². The molecule has 75 heavy (non-hydrogen) atoms. The Hall–Kier alpha value is -9.96. The Balaban J connectivity index is 0.784. The van der Waals surface area contributed by atoms with Crippen molar-refractivity contribution < 1.29 is 4.42 Å². The van der Waals surface area contributed by atoms with Crippen LogP contribution in [0.1, 0.15) is 0 Å². The highest BCUT2D eigenvalue weighted by molar-refractivity contribution is 6.16. The summed E-state index contributed by atoms with van der Waals surface area (Å²) in [5, 5.41) is 12.2. The predicted octanol–water partition coefficient (Wildman–Crippen LogP) is 20.3. The first-order valence-corrected chi connectivity index (χ1v) is 25.7. The minimum absolute atomic E-state index is 0.896. The molecule has 0 aliphatic carbocycles. The van der Waals surface area contributed by atoms with Crippen LogP contribution in [0.25, 0.3) is 126 Å². The molecule has 3 nitrogen and oxygen atoms in total. The molecule has 350 valence electrons. The summed E-state index contributed by atoms with van der Waals surface area (Å²) in [7, 11) is 0. The van der Waals surface area contributed by atoms with Crippen LogP contribution in [0.3, 0.4) is 0 Å². The summed E-state index contributed by atoms with van der Waals surface area (Å²) in [5.41, 5.74) is 17.9. The quantitative estimate of drug-likeness (QED) is 0.142. The number of nitrogens with zero attached hydrogens (tertiary/aromatic N) is 2. The molecule has 0 aliphatic rings. The molecule has 3 heteroatoms. The third-order valence-electron chi connectivity index (χ3n) is 15.4. The first-order valence-electron chi connectivity index (χ1n) is 25.7. The predicted molar refractivity (Wildman–Crippen MR) is 317 cm³/mol. The summed E-state index contributed by atoms with van der Waals surface area (Å²) in [6, 6.07) is 102. The Morgan fingerprint density at radius 3 is 1.35 bits per heavy atom. The van der Waals surface area contributed by atoms with Gasteiger partial charge in [0.2, 0.25) is 0 Å². The number of anilines is 3. The van der Waals surface area contributed by atoms with Gasteiger partial charge in [-0.25, -0.2) is 0 Å². The molecule has 15 aromatic rings. The summed E-state index contributed by atoms with van der Waals surface area (Å²) in [6.45, 7) is 0. The molecule has 2 aromatic heterocycles. The van der Waals surface area contributed by atoms with Gasteiger partial charge in [-0.2, -0.15) is 0 Å². The maximum Gasteiger partial charge on any atom is 0.143 e. The summed E-state index contributed by atoms with van der Waals surface area (Å²) < 4.78 is 8.86. The minimum Gasteiger partial charge on any atom is -0.455 e. The standard InChI is InChI=1S/C72H46N2O/c1-3-17-62-50(11-1)23-24-57-44-55(32-40-63(57)62)53-14-9-13-52(43-53)47-25-34-58(35-26-47)73(60-38-29-49(30-39-60)56-33-42-71-68(46-56)67-41-31-51-12-2-4-18-64(51)72(67)75-71)59-36-27-48(28-37-59)54-15-10-16-61(45-54)74-69-21-7-5-19-65(69)66-20-6-8-22-70(66)74/h1-46H. The monoisotopic (exact) mass is 954 g/mol. The molecule has 0 N–H and O–H groups in total. The highest BCUT2D eigenvalue weighted by Gasteiger charge is 2.17. The van der Waals surface area contributed by atoms with E-state index < -0.39 is 0 Å². The summed E-state index contributed by atoms with van der Waals surface area (Å²) in [4.78, 5) is 2.36. The Kier molecular flexibility index (Phi) is 9.89. The van der Waals surface area contributed by atoms with Crippen molar-refractivity contribution in [3.8, 4) is 50.2 Å². The SMILES string of the molecule is c1cc(-c2ccc(N(c3ccc(-c4cccc(-n5c6ccccc6c6ccccc65)c4)cc3)c3ccc(-c4ccc5oc6c7ccccc7ccc6c5c4)cc3)cc2)cc(-c2ccc3c(ccc4ccccc43)c2)c1. The molecule has 15 rings (SSSR count). The molecule has 13 aromatic carbocycles. The summed E-state index contributed by atoms with van der Waals surface area (Å²) >= 11 is 0. The van der Waals surface area contributed by atoms with E-state index >= 15 is 0 Å². The minimum atomic E-state index is 0.896. The maximum atomic E-state index is 6.48. The molecule has 0 atom stereocenters. The first-order chi connectivity index (χ1) is 37.1. The van der Waals surface area contributed by atoms with Gasteiger partial charge >= 0.3 is 0 Å². The largest absolute Gasteiger partial charge is 0.455 e. The van der Waals surface area contributed by atoms with Gasteiger partial charge in [0, 0.05) is 49.7 Å². The average Bonchev–Trinajstić information content (AvgIpc) is 4.04. The van der Waals surface area contributed by atoms with Gasteiger partial charge in [-0.15, -0.1) is 0 Å². The maximum absolute atomic E-state index is 6.48. The van der Waals surface area contributed by atoms with E-state index in [2.05, 4.69) is 289 Å². The fourth-order valence-corrected chi connectivity index (χ4v) is 11.6. The lowest BCUT2D eigenvalue weighted by Gasteiger charge is -2.26. The lowest BCUT2D eigenvalue weighted by atomic mass is 9.95. The van der Waals surface area contributed by atoms with E-state index in [1.165, 1.54) is 65.4 Å². The second kappa shape index (κ2) is 17.4. The number of aromatic nitrogens is 1. The highest BCUT2D eigenvalue weighted by Crippen LogP contribution is 2.41. The number of fused-ring (bicyclic) bond motifs is 11. The van der Waals surface area contributed by atoms with Crippen LogP contribution in [-0.4, -0.2) is 4.57 Å². The van der Waals surface area contributed by atoms with E-state index in [1.54, 1.807) is 0 Å². The average molecular weight is 955 g/mol. The Labute approximate surface area is 434 Å². The topological polar surface area (TPSA) is 21.3 Å². The summed E-state index contributed by atoms with van der Waals surface area (Å²) in [6.07, 6.45) is 0. The number of furan rings is 1. The van der Waals surface area contributed by atoms with Crippen molar-refractivity contribution in [2.75, 3.05) is 4.90 Å². The molecule has 0 bridgehead atoms. The third kappa shape index (κ3) is 7.28. The molecule has 0 amide bonds. The summed E-state index contributed by atoms with van der Waals surface area (Å²) in [5.74, 6) is 0. The molecule has 0 saturated carbocycles. The Bertz CT molecular complexity index is 4640. The number of rotatable bonds is 8. The van der Waals surface area contributed by atoms with Crippen molar-refractivity contribution in [2.24, 2.45) is 0 Å². The van der Waals surface area contributed by atoms with Gasteiger partial charge in [0.15, 0.2) is 0 Å². The lowest BCUT2D eigenvalue weighted by Crippen LogP contribution is -2.09. The van der Waals surface area contributed by atoms with Gasteiger partial charge in [0.1, 0.15) is 11.2 Å². The number of hydrogen-bond donors (Lipinski definition) is 0. The second-order valence-corrected chi connectivity index (χ2v) is 19.7. The smallest absolute Gasteiger partial charge is 0.143 e. The van der Waals surface area contributed by atoms with E-state index in [4.69, 9.17) is 4.42 Å². The van der Waals surface area contributed by atoms with E-state index in [0.29, 0.717) is 0 Å². The van der Waals surface area contributed by atoms with Gasteiger partial charge in [0.25, 0.3) is 0 Å². The zero-order valence-electron chi connectivity index (χ0n) is 40.9. The van der Waals surface area contributed by atoms with Crippen molar-refractivity contribution in [1.82, 2.24) is 4.57 Å². The van der Waals surface area contributed by atoms with E-state index in [9.17, 15) is 0 Å². The van der Waals surface area contributed by atoms with Gasteiger partial charge < -0.3 is 13.9 Å². The molecule has 0 radical (unpaired) electrons. The van der Waals surface area contributed by atoms with Crippen molar-refractivity contribution in [3.05, 3.63) is 279 Å². The fourth-order valence-electron chi connectivity index (χ4n) is 11.6. The Morgan fingerprint density at radius 1 is 0.253 bits per heavy atom. The van der Waals surface area contributed by atoms with Gasteiger partial charge in [-0.3, -0.25) is 0 Å². The van der Waals surface area contributed by atoms with Gasteiger partial charge in [-0.1, -0.05) is 188 Å². The van der Waals surface area contributed by atoms with Crippen LogP contribution in [-0.2, 0) is 0 Å². The van der Waals surface area contributed by atoms with E-state index in [1.807, 2.05) is 0 Å². The first kappa shape index (κ1) is 42.7. The number of para-hydroxylation sites is 2. The van der Waals surface area contributed by atoms with Crippen LogP contribution < -0.4 is 4.90 Å².